The third-order valence-corrected chi connectivity index (χ3v) is 2.99. The van der Waals surface area contributed by atoms with Crippen molar-refractivity contribution in [1.29, 1.82) is 0 Å². The maximum Gasteiger partial charge on any atom is 0.251 e. The van der Waals surface area contributed by atoms with Gasteiger partial charge in [-0.3, -0.25) is 9.59 Å². The van der Waals surface area contributed by atoms with Crippen LogP contribution in [0, 0.1) is 13.8 Å². The van der Waals surface area contributed by atoms with E-state index in [2.05, 4.69) is 5.32 Å². The Morgan fingerprint density at radius 3 is 2.50 bits per heavy atom. The van der Waals surface area contributed by atoms with Gasteiger partial charge >= 0.3 is 0 Å². The molecule has 0 atom stereocenters. The van der Waals surface area contributed by atoms with Gasteiger partial charge in [0.2, 0.25) is 5.91 Å². The average Bonchev–Trinajstić information content (AvgIpc) is 2.32. The lowest BCUT2D eigenvalue weighted by Gasteiger charge is -2.09. The van der Waals surface area contributed by atoms with Crippen LogP contribution in [0.3, 0.4) is 0 Å². The second kappa shape index (κ2) is 5.92. The van der Waals surface area contributed by atoms with Crippen molar-refractivity contribution < 1.29 is 4.79 Å². The number of carbonyl (C=O) groups excluding carboxylic acids is 1. The summed E-state index contributed by atoms with van der Waals surface area (Å²) in [5, 5.41) is 3.20. The van der Waals surface area contributed by atoms with Crippen LogP contribution in [0.5, 0.6) is 0 Å². The van der Waals surface area contributed by atoms with Crippen LogP contribution in [0.4, 0.5) is 5.69 Å². The summed E-state index contributed by atoms with van der Waals surface area (Å²) in [5.74, 6) is -0.264. The summed E-state index contributed by atoms with van der Waals surface area (Å²) >= 11 is 5.81. The highest BCUT2D eigenvalue weighted by atomic mass is 35.5. The number of nitrogens with one attached hydrogen (secondary N) is 1. The SMILES string of the molecule is Cc1cc(C)cc(NC(=O)Cn2cc(Cl)ccc2=O)c1. The fourth-order valence-corrected chi connectivity index (χ4v) is 2.21. The van der Waals surface area contributed by atoms with Crippen molar-refractivity contribution in [3.63, 3.8) is 0 Å². The molecular formula is C15H15ClN2O2. The molecule has 0 aliphatic heterocycles. The Morgan fingerprint density at radius 2 is 1.85 bits per heavy atom. The largest absolute Gasteiger partial charge is 0.325 e. The van der Waals surface area contributed by atoms with Crippen molar-refractivity contribution >= 4 is 23.2 Å². The minimum Gasteiger partial charge on any atom is -0.325 e. The molecule has 0 unspecified atom stereocenters. The van der Waals surface area contributed by atoms with Gasteiger partial charge in [0.05, 0.1) is 5.02 Å². The maximum atomic E-state index is 12.0. The lowest BCUT2D eigenvalue weighted by molar-refractivity contribution is -0.116. The molecule has 1 N–H and O–H groups in total. The van der Waals surface area contributed by atoms with Crippen LogP contribution in [0.15, 0.2) is 41.3 Å². The molecule has 0 spiro atoms. The monoisotopic (exact) mass is 290 g/mol. The number of amides is 1. The lowest BCUT2D eigenvalue weighted by atomic mass is 10.1. The maximum absolute atomic E-state index is 12.0. The number of benzene rings is 1. The van der Waals surface area contributed by atoms with E-state index in [0.717, 1.165) is 16.8 Å². The number of rotatable bonds is 3. The zero-order valence-electron chi connectivity index (χ0n) is 11.3. The van der Waals surface area contributed by atoms with Crippen molar-refractivity contribution in [1.82, 2.24) is 4.57 Å². The summed E-state index contributed by atoms with van der Waals surface area (Å²) in [6, 6.07) is 8.63. The van der Waals surface area contributed by atoms with Crippen molar-refractivity contribution in [2.45, 2.75) is 20.4 Å². The highest BCUT2D eigenvalue weighted by Crippen LogP contribution is 2.13. The van der Waals surface area contributed by atoms with E-state index in [4.69, 9.17) is 11.6 Å². The summed E-state index contributed by atoms with van der Waals surface area (Å²) < 4.78 is 1.28. The molecule has 0 saturated heterocycles. The second-order valence-corrected chi connectivity index (χ2v) is 5.17. The van der Waals surface area contributed by atoms with Crippen LogP contribution in [-0.2, 0) is 11.3 Å². The molecule has 1 aromatic carbocycles. The number of aryl methyl sites for hydroxylation is 2. The first-order valence-corrected chi connectivity index (χ1v) is 6.56. The molecule has 1 aromatic heterocycles. The van der Waals surface area contributed by atoms with E-state index >= 15 is 0 Å². The normalized spacial score (nSPS) is 10.3. The summed E-state index contributed by atoms with van der Waals surface area (Å²) in [5.41, 5.74) is 2.60. The molecule has 1 amide bonds. The number of carbonyl (C=O) groups is 1. The smallest absolute Gasteiger partial charge is 0.251 e. The highest BCUT2D eigenvalue weighted by molar-refractivity contribution is 6.30. The second-order valence-electron chi connectivity index (χ2n) is 4.74. The Hall–Kier alpha value is -2.07. The minimum atomic E-state index is -0.264. The van der Waals surface area contributed by atoms with Crippen molar-refractivity contribution in [2.75, 3.05) is 5.32 Å². The van der Waals surface area contributed by atoms with Gasteiger partial charge in [0, 0.05) is 18.0 Å². The van der Waals surface area contributed by atoms with Gasteiger partial charge in [-0.25, -0.2) is 0 Å². The molecule has 0 fully saturated rings. The first-order valence-electron chi connectivity index (χ1n) is 6.18. The molecule has 0 aliphatic carbocycles. The number of hydrogen-bond donors (Lipinski definition) is 1. The summed E-state index contributed by atoms with van der Waals surface area (Å²) in [7, 11) is 0. The third kappa shape index (κ3) is 3.71. The molecule has 5 heteroatoms. The fourth-order valence-electron chi connectivity index (χ4n) is 2.03. The molecule has 4 nitrogen and oxygen atoms in total. The van der Waals surface area contributed by atoms with Gasteiger partial charge in [-0.1, -0.05) is 17.7 Å². The number of anilines is 1. The summed E-state index contributed by atoms with van der Waals surface area (Å²) in [4.78, 5) is 23.5. The summed E-state index contributed by atoms with van der Waals surface area (Å²) in [6.07, 6.45) is 1.45. The van der Waals surface area contributed by atoms with Crippen LogP contribution in [0.1, 0.15) is 11.1 Å². The molecule has 2 aromatic rings. The predicted molar refractivity (Wildman–Crippen MR) is 80.3 cm³/mol. The first-order chi connectivity index (χ1) is 9.44. The Labute approximate surface area is 122 Å². The molecule has 1 heterocycles. The number of hydrogen-bond acceptors (Lipinski definition) is 2. The number of nitrogens with zero attached hydrogens (tertiary/aromatic N) is 1. The van der Waals surface area contributed by atoms with Crippen molar-refractivity contribution in [3.05, 3.63) is 63.0 Å². The molecule has 0 saturated carbocycles. The topological polar surface area (TPSA) is 51.1 Å². The van der Waals surface area contributed by atoms with Gasteiger partial charge in [0.25, 0.3) is 5.56 Å². The first kappa shape index (κ1) is 14.3. The Balaban J connectivity index is 2.13. The molecule has 0 aliphatic rings. The van der Waals surface area contributed by atoms with Crippen molar-refractivity contribution in [2.24, 2.45) is 0 Å². The molecule has 104 valence electrons. The Kier molecular flexibility index (Phi) is 4.25. The van der Waals surface area contributed by atoms with E-state index in [1.54, 1.807) is 0 Å². The molecule has 0 bridgehead atoms. The van der Waals surface area contributed by atoms with Crippen LogP contribution in [0.2, 0.25) is 5.02 Å². The lowest BCUT2D eigenvalue weighted by Crippen LogP contribution is -2.26. The van der Waals surface area contributed by atoms with Crippen LogP contribution in [-0.4, -0.2) is 10.5 Å². The quantitative estimate of drug-likeness (QED) is 0.945. The van der Waals surface area contributed by atoms with Gasteiger partial charge in [-0.15, -0.1) is 0 Å². The molecule has 20 heavy (non-hydrogen) atoms. The third-order valence-electron chi connectivity index (χ3n) is 2.77. The number of halogens is 1. The molecule has 0 radical (unpaired) electrons. The van der Waals surface area contributed by atoms with E-state index in [-0.39, 0.29) is 18.0 Å². The standard InChI is InChI=1S/C15H15ClN2O2/c1-10-5-11(2)7-13(6-10)17-14(19)9-18-8-12(16)3-4-15(18)20/h3-8H,9H2,1-2H3,(H,17,19). The Morgan fingerprint density at radius 1 is 1.20 bits per heavy atom. The average molecular weight is 291 g/mol. The molecular weight excluding hydrogens is 276 g/mol. The van der Waals surface area contributed by atoms with E-state index < -0.39 is 0 Å². The van der Waals surface area contributed by atoms with E-state index in [0.29, 0.717) is 5.02 Å². The van der Waals surface area contributed by atoms with Gasteiger partial charge in [0.1, 0.15) is 6.54 Å². The highest BCUT2D eigenvalue weighted by Gasteiger charge is 2.06. The van der Waals surface area contributed by atoms with E-state index in [1.807, 2.05) is 32.0 Å². The number of pyridine rings is 1. The van der Waals surface area contributed by atoms with Crippen molar-refractivity contribution in [3.8, 4) is 0 Å². The Bertz CT molecular complexity index is 687. The predicted octanol–water partition coefficient (Wildman–Crippen LogP) is 2.76. The zero-order valence-corrected chi connectivity index (χ0v) is 12.1. The molecule has 2 rings (SSSR count). The van der Waals surface area contributed by atoms with Crippen LogP contribution < -0.4 is 10.9 Å². The van der Waals surface area contributed by atoms with Gasteiger partial charge in [-0.2, -0.15) is 0 Å². The zero-order chi connectivity index (χ0) is 14.7. The van der Waals surface area contributed by atoms with E-state index in [1.165, 1.54) is 22.9 Å². The van der Waals surface area contributed by atoms with Gasteiger partial charge < -0.3 is 9.88 Å². The van der Waals surface area contributed by atoms with Crippen LogP contribution in [0.25, 0.3) is 0 Å². The minimum absolute atomic E-state index is 0.0631. The van der Waals surface area contributed by atoms with Gasteiger partial charge in [0.15, 0.2) is 0 Å². The van der Waals surface area contributed by atoms with E-state index in [9.17, 15) is 9.59 Å². The van der Waals surface area contributed by atoms with Gasteiger partial charge in [-0.05, 0) is 43.2 Å². The summed E-state index contributed by atoms with van der Waals surface area (Å²) in [6.45, 7) is 3.86. The van der Waals surface area contributed by atoms with Crippen LogP contribution >= 0.6 is 11.6 Å². The fraction of sp³-hybridized carbons (Fsp3) is 0.200. The number of aromatic nitrogens is 1.